The second kappa shape index (κ2) is 13.0. The van der Waals surface area contributed by atoms with Gasteiger partial charge in [0.1, 0.15) is 18.1 Å². The molecule has 0 bridgehead atoms. The number of likely N-dealkylation sites (tertiary alicyclic amines) is 1. The number of hydrogen-bond donors (Lipinski definition) is 6. The number of carboxylic acids is 1. The van der Waals surface area contributed by atoms with Crippen molar-refractivity contribution < 1.29 is 29.1 Å². The minimum atomic E-state index is -1.27. The van der Waals surface area contributed by atoms with Gasteiger partial charge in [0.2, 0.25) is 23.6 Å². The first-order chi connectivity index (χ1) is 15.0. The van der Waals surface area contributed by atoms with Crippen LogP contribution in [0.5, 0.6) is 0 Å². The number of rotatable bonds is 13. The van der Waals surface area contributed by atoms with Crippen molar-refractivity contribution >= 4 is 29.6 Å². The molecule has 32 heavy (non-hydrogen) atoms. The van der Waals surface area contributed by atoms with Crippen molar-refractivity contribution in [3.8, 4) is 0 Å². The SMILES string of the molecule is CC(C)C(N)C(=O)NC(CC(N)=O)C(=O)N1CCCC1C(=O)NC(CCCCN)C(=O)O. The van der Waals surface area contributed by atoms with Gasteiger partial charge in [-0.2, -0.15) is 0 Å². The Morgan fingerprint density at radius 2 is 1.75 bits per heavy atom. The van der Waals surface area contributed by atoms with E-state index in [4.69, 9.17) is 17.2 Å². The molecule has 0 radical (unpaired) electrons. The molecule has 4 atom stereocenters. The smallest absolute Gasteiger partial charge is 0.326 e. The van der Waals surface area contributed by atoms with Crippen LogP contribution >= 0.6 is 0 Å². The Morgan fingerprint density at radius 1 is 1.09 bits per heavy atom. The lowest BCUT2D eigenvalue weighted by Crippen LogP contribution is -2.58. The van der Waals surface area contributed by atoms with Gasteiger partial charge in [0, 0.05) is 6.54 Å². The van der Waals surface area contributed by atoms with Gasteiger partial charge in [0.15, 0.2) is 0 Å². The van der Waals surface area contributed by atoms with Crippen LogP contribution in [0.2, 0.25) is 0 Å². The van der Waals surface area contributed by atoms with Crippen LogP contribution in [0.4, 0.5) is 0 Å². The lowest BCUT2D eigenvalue weighted by atomic mass is 10.0. The number of primary amides is 1. The molecule has 4 amide bonds. The van der Waals surface area contributed by atoms with E-state index in [0.717, 1.165) is 0 Å². The molecule has 4 unspecified atom stereocenters. The van der Waals surface area contributed by atoms with E-state index in [2.05, 4.69) is 10.6 Å². The molecule has 1 saturated heterocycles. The molecule has 0 saturated carbocycles. The monoisotopic (exact) mass is 456 g/mol. The molecule has 0 aliphatic carbocycles. The topological polar surface area (TPSA) is 211 Å². The summed E-state index contributed by atoms with van der Waals surface area (Å²) in [6.45, 7) is 4.12. The van der Waals surface area contributed by atoms with Crippen molar-refractivity contribution in [2.75, 3.05) is 13.1 Å². The van der Waals surface area contributed by atoms with E-state index in [-0.39, 0.29) is 18.9 Å². The molecular formula is C20H36N6O6. The van der Waals surface area contributed by atoms with Gasteiger partial charge in [-0.3, -0.25) is 19.2 Å². The van der Waals surface area contributed by atoms with Gasteiger partial charge in [-0.25, -0.2) is 4.79 Å². The minimum absolute atomic E-state index is 0.197. The van der Waals surface area contributed by atoms with Crippen LogP contribution in [0.1, 0.15) is 52.4 Å². The molecule has 0 aromatic rings. The summed E-state index contributed by atoms with van der Waals surface area (Å²) >= 11 is 0. The molecule has 9 N–H and O–H groups in total. The van der Waals surface area contributed by atoms with Crippen molar-refractivity contribution in [3.05, 3.63) is 0 Å². The van der Waals surface area contributed by atoms with Crippen LogP contribution in [0, 0.1) is 5.92 Å². The first-order valence-electron chi connectivity index (χ1n) is 10.9. The second-order valence-corrected chi connectivity index (χ2v) is 8.37. The maximum Gasteiger partial charge on any atom is 0.326 e. The van der Waals surface area contributed by atoms with Crippen molar-refractivity contribution in [2.24, 2.45) is 23.1 Å². The third kappa shape index (κ3) is 8.08. The fourth-order valence-electron chi connectivity index (χ4n) is 3.49. The Bertz CT molecular complexity index is 700. The highest BCUT2D eigenvalue weighted by molar-refractivity contribution is 5.96. The second-order valence-electron chi connectivity index (χ2n) is 8.37. The van der Waals surface area contributed by atoms with Gasteiger partial charge in [-0.1, -0.05) is 13.8 Å². The van der Waals surface area contributed by atoms with E-state index >= 15 is 0 Å². The minimum Gasteiger partial charge on any atom is -0.480 e. The number of carboxylic acid groups (broad SMARTS) is 1. The molecule has 1 rings (SSSR count). The first-order valence-corrected chi connectivity index (χ1v) is 10.9. The third-order valence-electron chi connectivity index (χ3n) is 5.44. The van der Waals surface area contributed by atoms with Gasteiger partial charge >= 0.3 is 5.97 Å². The van der Waals surface area contributed by atoms with E-state index in [0.29, 0.717) is 32.2 Å². The molecule has 0 aromatic heterocycles. The molecule has 1 heterocycles. The number of aliphatic carboxylic acids is 1. The Morgan fingerprint density at radius 3 is 2.28 bits per heavy atom. The molecule has 1 fully saturated rings. The summed E-state index contributed by atoms with van der Waals surface area (Å²) in [5, 5.41) is 14.3. The summed E-state index contributed by atoms with van der Waals surface area (Å²) in [6, 6.07) is -4.17. The predicted octanol–water partition coefficient (Wildman–Crippen LogP) is -1.98. The fraction of sp³-hybridized carbons (Fsp3) is 0.750. The van der Waals surface area contributed by atoms with Gasteiger partial charge in [0.25, 0.3) is 0 Å². The third-order valence-corrected chi connectivity index (χ3v) is 5.44. The summed E-state index contributed by atoms with van der Waals surface area (Å²) in [7, 11) is 0. The number of carbonyl (C=O) groups is 5. The molecule has 12 heteroatoms. The molecule has 0 aromatic carbocycles. The fourth-order valence-corrected chi connectivity index (χ4v) is 3.49. The highest BCUT2D eigenvalue weighted by Gasteiger charge is 2.39. The summed E-state index contributed by atoms with van der Waals surface area (Å²) < 4.78 is 0. The lowest BCUT2D eigenvalue weighted by Gasteiger charge is -2.30. The maximum absolute atomic E-state index is 13.1. The lowest BCUT2D eigenvalue weighted by molar-refractivity contribution is -0.145. The molecule has 182 valence electrons. The predicted molar refractivity (Wildman–Crippen MR) is 116 cm³/mol. The van der Waals surface area contributed by atoms with Crippen LogP contribution in [-0.4, -0.2) is 76.9 Å². The van der Waals surface area contributed by atoms with Gasteiger partial charge in [0.05, 0.1) is 12.5 Å². The van der Waals surface area contributed by atoms with Crippen LogP contribution in [-0.2, 0) is 24.0 Å². The van der Waals surface area contributed by atoms with E-state index in [1.807, 2.05) is 0 Å². The van der Waals surface area contributed by atoms with Crippen molar-refractivity contribution in [1.82, 2.24) is 15.5 Å². The highest BCUT2D eigenvalue weighted by atomic mass is 16.4. The quantitative estimate of drug-likeness (QED) is 0.170. The van der Waals surface area contributed by atoms with E-state index in [1.54, 1.807) is 13.8 Å². The number of nitrogens with zero attached hydrogens (tertiary/aromatic N) is 1. The number of carbonyl (C=O) groups excluding carboxylic acids is 4. The molecular weight excluding hydrogens is 420 g/mol. The summed E-state index contributed by atoms with van der Waals surface area (Å²) in [5.74, 6) is -4.01. The van der Waals surface area contributed by atoms with E-state index < -0.39 is 60.2 Å². The standard InChI is InChI=1S/C20H36N6O6/c1-11(2)16(23)18(29)25-13(10-15(22)27)19(30)26-9-5-7-14(26)17(28)24-12(20(31)32)6-3-4-8-21/h11-14,16H,3-10,21,23H2,1-2H3,(H2,22,27)(H,24,28)(H,25,29)(H,31,32). The van der Waals surface area contributed by atoms with E-state index in [9.17, 15) is 29.1 Å². The average Bonchev–Trinajstić information content (AvgIpc) is 3.20. The summed E-state index contributed by atoms with van der Waals surface area (Å²) in [4.78, 5) is 62.5. The average molecular weight is 457 g/mol. The Kier molecular flexibility index (Phi) is 11.1. The van der Waals surface area contributed by atoms with Crippen molar-refractivity contribution in [1.29, 1.82) is 0 Å². The zero-order valence-corrected chi connectivity index (χ0v) is 18.7. The number of nitrogens with one attached hydrogen (secondary N) is 2. The van der Waals surface area contributed by atoms with Gasteiger partial charge in [-0.05, 0) is 44.6 Å². The molecule has 0 spiro atoms. The Balaban J connectivity index is 2.92. The van der Waals surface area contributed by atoms with Crippen molar-refractivity contribution in [2.45, 2.75) is 76.5 Å². The van der Waals surface area contributed by atoms with Crippen LogP contribution in [0.25, 0.3) is 0 Å². The van der Waals surface area contributed by atoms with Crippen LogP contribution < -0.4 is 27.8 Å². The normalized spacial score (nSPS) is 18.7. The van der Waals surface area contributed by atoms with Gasteiger partial charge < -0.3 is 37.8 Å². The van der Waals surface area contributed by atoms with Crippen molar-refractivity contribution in [3.63, 3.8) is 0 Å². The maximum atomic E-state index is 13.1. The highest BCUT2D eigenvalue weighted by Crippen LogP contribution is 2.20. The molecule has 1 aliphatic heterocycles. The van der Waals surface area contributed by atoms with Gasteiger partial charge in [-0.15, -0.1) is 0 Å². The summed E-state index contributed by atoms with van der Waals surface area (Å²) in [5.41, 5.74) is 16.5. The number of amides is 4. The first kappa shape index (κ1) is 27.3. The zero-order valence-electron chi connectivity index (χ0n) is 18.7. The zero-order chi connectivity index (χ0) is 24.4. The number of unbranched alkanes of at least 4 members (excludes halogenated alkanes) is 1. The Hall–Kier alpha value is -2.73. The largest absolute Gasteiger partial charge is 0.480 e. The van der Waals surface area contributed by atoms with Crippen LogP contribution in [0.3, 0.4) is 0 Å². The molecule has 1 aliphatic rings. The molecule has 12 nitrogen and oxygen atoms in total. The number of hydrogen-bond acceptors (Lipinski definition) is 7. The Labute approximate surface area is 187 Å². The van der Waals surface area contributed by atoms with E-state index in [1.165, 1.54) is 4.90 Å². The summed E-state index contributed by atoms with van der Waals surface area (Å²) in [6.07, 6.45) is 1.76. The number of nitrogens with two attached hydrogens (primary N) is 3. The van der Waals surface area contributed by atoms with Crippen LogP contribution in [0.15, 0.2) is 0 Å².